The Bertz CT molecular complexity index is 206. The van der Waals surface area contributed by atoms with E-state index in [1.165, 1.54) is 0 Å². The molecule has 4 heteroatoms. The van der Waals surface area contributed by atoms with Gasteiger partial charge in [-0.3, -0.25) is 0 Å². The van der Waals surface area contributed by atoms with Crippen LogP contribution in [0.5, 0.6) is 0 Å². The summed E-state index contributed by atoms with van der Waals surface area (Å²) in [6, 6.07) is 3.30. The van der Waals surface area contributed by atoms with Gasteiger partial charge in [-0.2, -0.15) is 0 Å². The lowest BCUT2D eigenvalue weighted by molar-refractivity contribution is 0.0107. The van der Waals surface area contributed by atoms with E-state index in [4.69, 9.17) is 5.73 Å². The first kappa shape index (κ1) is 8.20. The van der Waals surface area contributed by atoms with Crippen molar-refractivity contribution in [3.8, 4) is 0 Å². The van der Waals surface area contributed by atoms with E-state index < -0.39 is 12.5 Å². The van der Waals surface area contributed by atoms with Gasteiger partial charge < -0.3 is 10.7 Å². The molecule has 1 aromatic rings. The van der Waals surface area contributed by atoms with Crippen molar-refractivity contribution in [2.45, 2.75) is 12.3 Å². The third-order valence-corrected chi connectivity index (χ3v) is 1.41. The second kappa shape index (κ2) is 3.00. The number of alkyl halides is 2. The molecular weight excluding hydrogens is 150 g/mol. The fourth-order valence-electron chi connectivity index (χ4n) is 0.828. The molecule has 1 aromatic heterocycles. The van der Waals surface area contributed by atoms with Crippen molar-refractivity contribution in [2.75, 3.05) is 6.54 Å². The highest BCUT2D eigenvalue weighted by molar-refractivity contribution is 5.06. The van der Waals surface area contributed by atoms with Crippen molar-refractivity contribution in [3.63, 3.8) is 0 Å². The molecule has 0 bridgehead atoms. The molecule has 62 valence electrons. The molecule has 0 amide bonds. The number of halogens is 2. The molecule has 0 saturated carbocycles. The lowest BCUT2D eigenvalue weighted by atomic mass is 10.2. The zero-order valence-corrected chi connectivity index (χ0v) is 5.98. The Morgan fingerprint density at radius 2 is 2.27 bits per heavy atom. The second-order valence-corrected chi connectivity index (χ2v) is 2.43. The summed E-state index contributed by atoms with van der Waals surface area (Å²) in [7, 11) is 0. The predicted octanol–water partition coefficient (Wildman–Crippen LogP) is 1.15. The topological polar surface area (TPSA) is 41.8 Å². The van der Waals surface area contributed by atoms with Gasteiger partial charge in [-0.25, -0.2) is 8.78 Å². The van der Waals surface area contributed by atoms with Gasteiger partial charge in [0.15, 0.2) is 0 Å². The number of aromatic nitrogens is 1. The Kier molecular flexibility index (Phi) is 2.24. The van der Waals surface area contributed by atoms with Crippen LogP contribution in [-0.4, -0.2) is 17.5 Å². The summed E-state index contributed by atoms with van der Waals surface area (Å²) < 4.78 is 25.1. The number of nitrogens with one attached hydrogen (secondary N) is 1. The van der Waals surface area contributed by atoms with Crippen LogP contribution >= 0.6 is 0 Å². The number of H-pyrrole nitrogens is 1. The Morgan fingerprint density at radius 1 is 1.55 bits per heavy atom. The van der Waals surface area contributed by atoms with Crippen LogP contribution in [0.3, 0.4) is 0 Å². The van der Waals surface area contributed by atoms with Crippen molar-refractivity contribution in [2.24, 2.45) is 5.73 Å². The molecule has 11 heavy (non-hydrogen) atoms. The molecule has 0 aliphatic rings. The highest BCUT2D eigenvalue weighted by Crippen LogP contribution is 2.16. The van der Waals surface area contributed by atoms with Gasteiger partial charge in [-0.1, -0.05) is 0 Å². The summed E-state index contributed by atoms with van der Waals surface area (Å²) in [4.78, 5) is 2.69. The molecule has 2 nitrogen and oxygen atoms in total. The quantitative estimate of drug-likeness (QED) is 0.684. The van der Waals surface area contributed by atoms with Crippen LogP contribution in [0.2, 0.25) is 0 Å². The van der Waals surface area contributed by atoms with Gasteiger partial charge >= 0.3 is 0 Å². The number of aromatic amines is 1. The Morgan fingerprint density at radius 3 is 2.73 bits per heavy atom. The van der Waals surface area contributed by atoms with Gasteiger partial charge in [0, 0.05) is 11.9 Å². The highest BCUT2D eigenvalue weighted by atomic mass is 19.3. The van der Waals surface area contributed by atoms with E-state index in [0.717, 1.165) is 0 Å². The van der Waals surface area contributed by atoms with E-state index in [1.807, 2.05) is 0 Å². The zero-order chi connectivity index (χ0) is 8.32. The first-order valence-electron chi connectivity index (χ1n) is 3.34. The maximum Gasteiger partial charge on any atom is 0.265 e. The smallest absolute Gasteiger partial charge is 0.265 e. The van der Waals surface area contributed by atoms with E-state index in [1.54, 1.807) is 18.3 Å². The monoisotopic (exact) mass is 160 g/mol. The zero-order valence-electron chi connectivity index (χ0n) is 5.98. The van der Waals surface area contributed by atoms with Crippen LogP contribution in [0.15, 0.2) is 18.3 Å². The number of nitrogens with two attached hydrogens (primary N) is 1. The van der Waals surface area contributed by atoms with Crippen LogP contribution in [0.4, 0.5) is 8.78 Å². The first-order chi connectivity index (χ1) is 5.14. The van der Waals surface area contributed by atoms with Crippen LogP contribution in [-0.2, 0) is 6.42 Å². The van der Waals surface area contributed by atoms with Gasteiger partial charge in [-0.05, 0) is 12.1 Å². The minimum atomic E-state index is -2.79. The van der Waals surface area contributed by atoms with E-state index >= 15 is 0 Å². The summed E-state index contributed by atoms with van der Waals surface area (Å²) >= 11 is 0. The second-order valence-electron chi connectivity index (χ2n) is 2.43. The van der Waals surface area contributed by atoms with Gasteiger partial charge in [0.05, 0.1) is 13.0 Å². The third kappa shape index (κ3) is 2.31. The summed E-state index contributed by atoms with van der Waals surface area (Å²) in [6.45, 7) is -0.605. The van der Waals surface area contributed by atoms with Crippen LogP contribution < -0.4 is 5.73 Å². The lowest BCUT2D eigenvalue weighted by Crippen LogP contribution is -2.30. The molecule has 0 saturated heterocycles. The summed E-state index contributed by atoms with van der Waals surface area (Å²) in [6.07, 6.45) is 1.30. The first-order valence-corrected chi connectivity index (χ1v) is 3.34. The maximum atomic E-state index is 12.6. The van der Waals surface area contributed by atoms with Crippen molar-refractivity contribution in [1.82, 2.24) is 4.98 Å². The highest BCUT2D eigenvalue weighted by Gasteiger charge is 2.27. The number of hydrogen-bond acceptors (Lipinski definition) is 1. The SMILES string of the molecule is NCC(F)(F)Cc1ccc[nH]1. The average Bonchev–Trinajstić information content (AvgIpc) is 2.39. The molecule has 1 rings (SSSR count). The molecule has 0 unspecified atom stereocenters. The van der Waals surface area contributed by atoms with Crippen LogP contribution in [0.25, 0.3) is 0 Å². The molecular formula is C7H10F2N2. The van der Waals surface area contributed by atoms with Crippen molar-refractivity contribution in [3.05, 3.63) is 24.0 Å². The summed E-state index contributed by atoms with van der Waals surface area (Å²) in [5.41, 5.74) is 5.37. The standard InChI is InChI=1S/C7H10F2N2/c8-7(9,5-10)4-6-2-1-3-11-6/h1-3,11H,4-5,10H2. The average molecular weight is 160 g/mol. The molecule has 0 fully saturated rings. The third-order valence-electron chi connectivity index (χ3n) is 1.41. The maximum absolute atomic E-state index is 12.6. The molecule has 0 radical (unpaired) electrons. The van der Waals surface area contributed by atoms with Crippen molar-refractivity contribution in [1.29, 1.82) is 0 Å². The molecule has 1 heterocycles. The van der Waals surface area contributed by atoms with E-state index in [9.17, 15) is 8.78 Å². The van der Waals surface area contributed by atoms with Crippen LogP contribution in [0, 0.1) is 0 Å². The van der Waals surface area contributed by atoms with Gasteiger partial charge in [0.2, 0.25) is 0 Å². The molecule has 0 spiro atoms. The largest absolute Gasteiger partial charge is 0.365 e. The van der Waals surface area contributed by atoms with Crippen molar-refractivity contribution < 1.29 is 8.78 Å². The fourth-order valence-corrected chi connectivity index (χ4v) is 0.828. The van der Waals surface area contributed by atoms with Crippen LogP contribution in [0.1, 0.15) is 5.69 Å². The molecule has 0 aliphatic carbocycles. The molecule has 0 aromatic carbocycles. The fraction of sp³-hybridized carbons (Fsp3) is 0.429. The van der Waals surface area contributed by atoms with Gasteiger partial charge in [0.1, 0.15) is 0 Å². The van der Waals surface area contributed by atoms with E-state index in [0.29, 0.717) is 5.69 Å². The predicted molar refractivity (Wildman–Crippen MR) is 38.5 cm³/mol. The van der Waals surface area contributed by atoms with E-state index in [2.05, 4.69) is 4.98 Å². The number of rotatable bonds is 3. The van der Waals surface area contributed by atoms with E-state index in [-0.39, 0.29) is 6.42 Å². The summed E-state index contributed by atoms with van der Waals surface area (Å²) in [5, 5.41) is 0. The minimum absolute atomic E-state index is 0.309. The molecule has 0 aliphatic heterocycles. The Balaban J connectivity index is 2.56. The lowest BCUT2D eigenvalue weighted by Gasteiger charge is -2.11. The molecule has 0 atom stereocenters. The normalized spacial score (nSPS) is 11.9. The molecule has 3 N–H and O–H groups in total. The van der Waals surface area contributed by atoms with Gasteiger partial charge in [0.25, 0.3) is 5.92 Å². The Hall–Kier alpha value is -0.900. The minimum Gasteiger partial charge on any atom is -0.365 e. The summed E-state index contributed by atoms with van der Waals surface area (Å²) in [5.74, 6) is -2.79. The van der Waals surface area contributed by atoms with Gasteiger partial charge in [-0.15, -0.1) is 0 Å². The number of hydrogen-bond donors (Lipinski definition) is 2. The van der Waals surface area contributed by atoms with Crippen molar-refractivity contribution >= 4 is 0 Å². The Labute approximate surface area is 63.4 Å².